The van der Waals surface area contributed by atoms with Crippen molar-refractivity contribution in [3.8, 4) is 0 Å². The molecule has 0 amide bonds. The van der Waals surface area contributed by atoms with Crippen LogP contribution in [0.15, 0.2) is 47.4 Å². The number of hydrogen-bond acceptors (Lipinski definition) is 2. The summed E-state index contributed by atoms with van der Waals surface area (Å²) >= 11 is 0. The number of nitrogens with one attached hydrogen (secondary N) is 1. The molecule has 2 aromatic rings. The van der Waals surface area contributed by atoms with Gasteiger partial charge in [-0.05, 0) is 66.8 Å². The summed E-state index contributed by atoms with van der Waals surface area (Å²) in [7, 11) is -3.46. The molecule has 2 aliphatic rings. The topological polar surface area (TPSA) is 46.2 Å². The van der Waals surface area contributed by atoms with Crippen molar-refractivity contribution in [1.29, 1.82) is 0 Å². The molecule has 3 nitrogen and oxygen atoms in total. The molecule has 0 spiro atoms. The van der Waals surface area contributed by atoms with Gasteiger partial charge in [-0.25, -0.2) is 13.1 Å². The van der Waals surface area contributed by atoms with E-state index in [2.05, 4.69) is 4.72 Å². The van der Waals surface area contributed by atoms with Crippen molar-refractivity contribution in [2.45, 2.75) is 43.5 Å². The summed E-state index contributed by atoms with van der Waals surface area (Å²) in [4.78, 5) is 0.367. The van der Waals surface area contributed by atoms with E-state index in [0.29, 0.717) is 16.7 Å². The van der Waals surface area contributed by atoms with Crippen molar-refractivity contribution in [2.75, 3.05) is 0 Å². The lowest BCUT2D eigenvalue weighted by Gasteiger charge is -2.28. The molecular formula is C19H23NO2S. The first kappa shape index (κ1) is 15.2. The fourth-order valence-electron chi connectivity index (χ4n) is 4.64. The van der Waals surface area contributed by atoms with Crippen LogP contribution in [0, 0.1) is 17.8 Å². The second-order valence-corrected chi connectivity index (χ2v) is 8.97. The molecule has 2 fully saturated rings. The first-order valence-corrected chi connectivity index (χ1v) is 10.0. The number of rotatable bonds is 4. The van der Waals surface area contributed by atoms with Gasteiger partial charge >= 0.3 is 0 Å². The molecule has 4 rings (SSSR count). The molecule has 0 radical (unpaired) electrons. The molecule has 4 heteroatoms. The Morgan fingerprint density at radius 1 is 1.04 bits per heavy atom. The van der Waals surface area contributed by atoms with Gasteiger partial charge < -0.3 is 0 Å². The Balaban J connectivity index is 1.56. The zero-order valence-electron chi connectivity index (χ0n) is 13.4. The zero-order valence-corrected chi connectivity index (χ0v) is 14.2. The maximum Gasteiger partial charge on any atom is 0.240 e. The average Bonchev–Trinajstić information content (AvgIpc) is 3.17. The molecule has 1 N–H and O–H groups in total. The second-order valence-electron chi connectivity index (χ2n) is 7.26. The minimum Gasteiger partial charge on any atom is -0.208 e. The van der Waals surface area contributed by atoms with Gasteiger partial charge in [-0.2, -0.15) is 0 Å². The maximum atomic E-state index is 12.7. The third kappa shape index (κ3) is 2.79. The third-order valence-electron chi connectivity index (χ3n) is 5.81. The maximum absolute atomic E-state index is 12.7. The lowest BCUT2D eigenvalue weighted by Crippen LogP contribution is -2.40. The molecular weight excluding hydrogens is 306 g/mol. The van der Waals surface area contributed by atoms with Crippen LogP contribution in [0.5, 0.6) is 0 Å². The van der Waals surface area contributed by atoms with Gasteiger partial charge in [0.15, 0.2) is 0 Å². The standard InChI is InChI=1S/C19H23NO2S/c1-13(19-11-14-6-7-17(19)10-14)20-23(21,22)18-9-8-15-4-2-3-5-16(15)12-18/h2-5,8-9,12-14,17,19-20H,6-7,10-11H2,1H3/t13-,14-,17-,19+/m1/s1. The number of benzene rings is 2. The molecule has 0 aromatic heterocycles. The van der Waals surface area contributed by atoms with Crippen LogP contribution in [0.1, 0.15) is 32.6 Å². The van der Waals surface area contributed by atoms with Gasteiger partial charge in [0, 0.05) is 6.04 Å². The quantitative estimate of drug-likeness (QED) is 0.923. The molecule has 2 aliphatic carbocycles. The molecule has 0 unspecified atom stereocenters. The van der Waals surface area contributed by atoms with Crippen molar-refractivity contribution in [3.63, 3.8) is 0 Å². The molecule has 0 heterocycles. The van der Waals surface area contributed by atoms with E-state index in [9.17, 15) is 8.42 Å². The van der Waals surface area contributed by atoms with Crippen LogP contribution in [0.25, 0.3) is 10.8 Å². The fourth-order valence-corrected chi connectivity index (χ4v) is 5.97. The summed E-state index contributed by atoms with van der Waals surface area (Å²) < 4.78 is 28.4. The van der Waals surface area contributed by atoms with Gasteiger partial charge in [-0.15, -0.1) is 0 Å². The van der Waals surface area contributed by atoms with Crippen LogP contribution < -0.4 is 4.72 Å². The number of hydrogen-bond donors (Lipinski definition) is 1. The number of fused-ring (bicyclic) bond motifs is 3. The zero-order chi connectivity index (χ0) is 16.0. The molecule has 122 valence electrons. The highest BCUT2D eigenvalue weighted by Crippen LogP contribution is 2.49. The van der Waals surface area contributed by atoms with Gasteiger partial charge in [-0.3, -0.25) is 0 Å². The fraction of sp³-hybridized carbons (Fsp3) is 0.474. The van der Waals surface area contributed by atoms with Crippen molar-refractivity contribution < 1.29 is 8.42 Å². The van der Waals surface area contributed by atoms with Crippen LogP contribution in [-0.2, 0) is 10.0 Å². The Hall–Kier alpha value is -1.39. The van der Waals surface area contributed by atoms with E-state index in [1.807, 2.05) is 37.3 Å². The largest absolute Gasteiger partial charge is 0.240 e. The van der Waals surface area contributed by atoms with Gasteiger partial charge in [0.1, 0.15) is 0 Å². The van der Waals surface area contributed by atoms with E-state index in [0.717, 1.165) is 16.7 Å². The van der Waals surface area contributed by atoms with E-state index >= 15 is 0 Å². The van der Waals surface area contributed by atoms with Crippen LogP contribution >= 0.6 is 0 Å². The first-order valence-electron chi connectivity index (χ1n) is 8.54. The highest BCUT2D eigenvalue weighted by atomic mass is 32.2. The van der Waals surface area contributed by atoms with Crippen molar-refractivity contribution in [3.05, 3.63) is 42.5 Å². The first-order chi connectivity index (χ1) is 11.0. The Kier molecular flexibility index (Phi) is 3.69. The normalized spacial score (nSPS) is 28.3. The minimum absolute atomic E-state index is 0.0155. The van der Waals surface area contributed by atoms with E-state index in [-0.39, 0.29) is 6.04 Å². The van der Waals surface area contributed by atoms with Crippen LogP contribution in [0.2, 0.25) is 0 Å². The summed E-state index contributed by atoms with van der Waals surface area (Å²) in [6.45, 7) is 2.03. The highest BCUT2D eigenvalue weighted by molar-refractivity contribution is 7.89. The lowest BCUT2D eigenvalue weighted by molar-refractivity contribution is 0.280. The van der Waals surface area contributed by atoms with Gasteiger partial charge in [0.05, 0.1) is 4.90 Å². The molecule has 2 aromatic carbocycles. The van der Waals surface area contributed by atoms with Gasteiger partial charge in [0.25, 0.3) is 0 Å². The predicted molar refractivity (Wildman–Crippen MR) is 92.7 cm³/mol. The van der Waals surface area contributed by atoms with E-state index in [4.69, 9.17) is 0 Å². The van der Waals surface area contributed by atoms with Crippen molar-refractivity contribution in [2.24, 2.45) is 17.8 Å². The monoisotopic (exact) mass is 329 g/mol. The van der Waals surface area contributed by atoms with E-state index < -0.39 is 10.0 Å². The summed E-state index contributed by atoms with van der Waals surface area (Å²) in [6, 6.07) is 13.2. The van der Waals surface area contributed by atoms with Crippen LogP contribution in [-0.4, -0.2) is 14.5 Å². The van der Waals surface area contributed by atoms with Gasteiger partial charge in [-0.1, -0.05) is 36.8 Å². The highest BCUT2D eigenvalue weighted by Gasteiger charge is 2.42. The molecule has 2 bridgehead atoms. The Morgan fingerprint density at radius 2 is 1.83 bits per heavy atom. The van der Waals surface area contributed by atoms with Crippen LogP contribution in [0.3, 0.4) is 0 Å². The number of sulfonamides is 1. The van der Waals surface area contributed by atoms with Crippen LogP contribution in [0.4, 0.5) is 0 Å². The molecule has 2 saturated carbocycles. The van der Waals surface area contributed by atoms with Crippen molar-refractivity contribution in [1.82, 2.24) is 4.72 Å². The summed E-state index contributed by atoms with van der Waals surface area (Å²) in [5.41, 5.74) is 0. The smallest absolute Gasteiger partial charge is 0.208 e. The summed E-state index contributed by atoms with van der Waals surface area (Å²) in [6.07, 6.45) is 5.10. The Labute approximate surface area is 138 Å². The average molecular weight is 329 g/mol. The van der Waals surface area contributed by atoms with Gasteiger partial charge in [0.2, 0.25) is 10.0 Å². The third-order valence-corrected chi connectivity index (χ3v) is 7.36. The minimum atomic E-state index is -3.46. The van der Waals surface area contributed by atoms with Crippen molar-refractivity contribution >= 4 is 20.8 Å². The molecule has 0 aliphatic heterocycles. The molecule has 23 heavy (non-hydrogen) atoms. The predicted octanol–water partition coefficient (Wildman–Crippen LogP) is 3.94. The summed E-state index contributed by atoms with van der Waals surface area (Å²) in [5, 5.41) is 2.02. The second kappa shape index (κ2) is 5.60. The SMILES string of the molecule is C[C@@H](NS(=O)(=O)c1ccc2ccccc2c1)[C@@H]1C[C@@H]2CC[C@@H]1C2. The van der Waals surface area contributed by atoms with E-state index in [1.165, 1.54) is 25.7 Å². The van der Waals surface area contributed by atoms with E-state index in [1.54, 1.807) is 12.1 Å². The molecule has 0 saturated heterocycles. The lowest BCUT2D eigenvalue weighted by atomic mass is 9.84. The Morgan fingerprint density at radius 3 is 2.52 bits per heavy atom. The summed E-state index contributed by atoms with van der Waals surface area (Å²) in [5.74, 6) is 2.05. The Bertz CT molecular complexity index is 830. The molecule has 4 atom stereocenters.